The Balaban J connectivity index is 2.00. The van der Waals surface area contributed by atoms with Crippen LogP contribution in [0.4, 0.5) is 0 Å². The van der Waals surface area contributed by atoms with Crippen molar-refractivity contribution in [1.29, 1.82) is 0 Å². The summed E-state index contributed by atoms with van der Waals surface area (Å²) in [6.45, 7) is 6.84. The Hall–Kier alpha value is -1.95. The van der Waals surface area contributed by atoms with E-state index < -0.39 is 0 Å². The maximum absolute atomic E-state index is 5.83. The zero-order chi connectivity index (χ0) is 17.1. The van der Waals surface area contributed by atoms with E-state index in [1.165, 1.54) is 0 Å². The monoisotopic (exact) mass is 345 g/mol. The van der Waals surface area contributed by atoms with Crippen molar-refractivity contribution in [2.45, 2.75) is 32.9 Å². The average Bonchev–Trinajstić information content (AvgIpc) is 3.02. The normalized spacial score (nSPS) is 17.2. The van der Waals surface area contributed by atoms with Crippen LogP contribution in [0.15, 0.2) is 29.3 Å². The van der Waals surface area contributed by atoms with E-state index in [1.807, 2.05) is 31.2 Å². The third-order valence-electron chi connectivity index (χ3n) is 3.70. The number of nitrogens with one attached hydrogen (secondary N) is 1. The predicted octanol–water partition coefficient (Wildman–Crippen LogP) is 3.78. The van der Waals surface area contributed by atoms with Gasteiger partial charge in [0.15, 0.2) is 5.17 Å². The largest absolute Gasteiger partial charge is 0.497 e. The third kappa shape index (κ3) is 3.59. The summed E-state index contributed by atoms with van der Waals surface area (Å²) in [5.74, 6) is 2.54. The molecule has 5 nitrogen and oxygen atoms in total. The van der Waals surface area contributed by atoms with Crippen molar-refractivity contribution >= 4 is 27.8 Å². The molecule has 0 saturated heterocycles. The highest BCUT2D eigenvalue weighted by molar-refractivity contribution is 8.14. The molecule has 1 aliphatic rings. The Kier molecular flexibility index (Phi) is 5.14. The average molecular weight is 345 g/mol. The fraction of sp³-hybridized carbons (Fsp3) is 0.444. The highest BCUT2D eigenvalue weighted by atomic mass is 32.2. The van der Waals surface area contributed by atoms with Crippen LogP contribution in [0.5, 0.6) is 11.5 Å². The smallest absolute Gasteiger partial charge is 0.157 e. The van der Waals surface area contributed by atoms with Gasteiger partial charge in [-0.05, 0) is 32.9 Å². The lowest BCUT2D eigenvalue weighted by atomic mass is 10.1. The summed E-state index contributed by atoms with van der Waals surface area (Å²) in [6.07, 6.45) is 0. The zero-order valence-electron chi connectivity index (χ0n) is 14.5. The summed E-state index contributed by atoms with van der Waals surface area (Å²) in [5.41, 5.74) is 1.81. The number of nitrogens with zero attached hydrogens (tertiary/aromatic N) is 2. The minimum Gasteiger partial charge on any atom is -0.497 e. The molecular formula is C18H23N3O2S. The van der Waals surface area contributed by atoms with Crippen LogP contribution < -0.4 is 14.8 Å². The predicted molar refractivity (Wildman–Crippen MR) is 100 cm³/mol. The number of benzene rings is 1. The fourth-order valence-electron chi connectivity index (χ4n) is 2.62. The third-order valence-corrected chi connectivity index (χ3v) is 4.68. The number of ether oxygens (including phenoxy) is 2. The van der Waals surface area contributed by atoms with Gasteiger partial charge in [-0.15, -0.1) is 0 Å². The summed E-state index contributed by atoms with van der Waals surface area (Å²) in [5, 5.41) is 5.35. The first kappa shape index (κ1) is 16.9. The summed E-state index contributed by atoms with van der Waals surface area (Å²) in [6, 6.07) is 8.31. The zero-order valence-corrected chi connectivity index (χ0v) is 15.3. The van der Waals surface area contributed by atoms with Crippen LogP contribution in [0.3, 0.4) is 0 Å². The molecule has 0 aliphatic carbocycles. The Morgan fingerprint density at radius 2 is 2.17 bits per heavy atom. The van der Waals surface area contributed by atoms with Gasteiger partial charge in [0.25, 0.3) is 0 Å². The van der Waals surface area contributed by atoms with Crippen LogP contribution in [-0.4, -0.2) is 35.7 Å². The number of thioether (sulfide) groups is 1. The van der Waals surface area contributed by atoms with Gasteiger partial charge in [-0.25, -0.2) is 0 Å². The molecule has 6 heteroatoms. The summed E-state index contributed by atoms with van der Waals surface area (Å²) in [4.78, 5) is 9.58. The number of methoxy groups -OCH3 is 1. The molecule has 1 atom stereocenters. The summed E-state index contributed by atoms with van der Waals surface area (Å²) >= 11 is 1.74. The van der Waals surface area contributed by atoms with E-state index in [-0.39, 0.29) is 6.04 Å². The second kappa shape index (κ2) is 7.30. The number of pyridine rings is 1. The Bertz CT molecular complexity index is 761. The Labute approximate surface area is 146 Å². The lowest BCUT2D eigenvalue weighted by Crippen LogP contribution is -2.26. The second-order valence-electron chi connectivity index (χ2n) is 5.92. The molecule has 3 rings (SSSR count). The van der Waals surface area contributed by atoms with Crippen molar-refractivity contribution in [2.75, 3.05) is 19.5 Å². The SMILES string of the molecule is CCOc1cc(C2CSC(NC(C)C)=N2)nc2cc(OC)ccc12. The molecule has 1 N–H and O–H groups in total. The fourth-order valence-corrected chi connectivity index (χ4v) is 3.70. The number of fused-ring (bicyclic) bond motifs is 1. The molecule has 0 fully saturated rings. The van der Waals surface area contributed by atoms with E-state index in [0.29, 0.717) is 12.6 Å². The van der Waals surface area contributed by atoms with Gasteiger partial charge < -0.3 is 14.8 Å². The van der Waals surface area contributed by atoms with Crippen molar-refractivity contribution in [2.24, 2.45) is 4.99 Å². The first-order valence-electron chi connectivity index (χ1n) is 8.19. The highest BCUT2D eigenvalue weighted by Crippen LogP contribution is 2.34. The molecule has 2 heterocycles. The summed E-state index contributed by atoms with van der Waals surface area (Å²) in [7, 11) is 1.66. The van der Waals surface area contributed by atoms with Crippen molar-refractivity contribution < 1.29 is 9.47 Å². The summed E-state index contributed by atoms with van der Waals surface area (Å²) < 4.78 is 11.2. The van der Waals surface area contributed by atoms with E-state index in [2.05, 4.69) is 19.2 Å². The lowest BCUT2D eigenvalue weighted by molar-refractivity contribution is 0.343. The van der Waals surface area contributed by atoms with E-state index in [9.17, 15) is 0 Å². The molecule has 128 valence electrons. The molecule has 0 bridgehead atoms. The van der Waals surface area contributed by atoms with Gasteiger partial charge in [-0.1, -0.05) is 11.8 Å². The van der Waals surface area contributed by atoms with E-state index >= 15 is 0 Å². The molecule has 1 aromatic heterocycles. The first-order valence-corrected chi connectivity index (χ1v) is 9.18. The maximum Gasteiger partial charge on any atom is 0.157 e. The van der Waals surface area contributed by atoms with E-state index in [1.54, 1.807) is 18.9 Å². The van der Waals surface area contributed by atoms with Gasteiger partial charge in [0.05, 0.1) is 24.9 Å². The van der Waals surface area contributed by atoms with Gasteiger partial charge in [0.2, 0.25) is 0 Å². The van der Waals surface area contributed by atoms with Crippen LogP contribution in [0.25, 0.3) is 10.9 Å². The molecule has 0 saturated carbocycles. The molecule has 0 amide bonds. The minimum absolute atomic E-state index is 0.0473. The van der Waals surface area contributed by atoms with Gasteiger partial charge in [-0.2, -0.15) is 0 Å². The van der Waals surface area contributed by atoms with Gasteiger partial charge >= 0.3 is 0 Å². The number of amidine groups is 1. The number of aliphatic imine (C=N–C) groups is 1. The molecule has 0 radical (unpaired) electrons. The second-order valence-corrected chi connectivity index (χ2v) is 6.93. The Morgan fingerprint density at radius 3 is 2.88 bits per heavy atom. The van der Waals surface area contributed by atoms with Gasteiger partial charge in [0, 0.05) is 29.3 Å². The van der Waals surface area contributed by atoms with E-state index in [4.69, 9.17) is 19.5 Å². The number of rotatable bonds is 5. The first-order chi connectivity index (χ1) is 11.6. The minimum atomic E-state index is 0.0473. The van der Waals surface area contributed by atoms with Crippen LogP contribution >= 0.6 is 11.8 Å². The number of aromatic nitrogens is 1. The van der Waals surface area contributed by atoms with Gasteiger partial charge in [-0.3, -0.25) is 9.98 Å². The molecule has 0 spiro atoms. The molecule has 1 unspecified atom stereocenters. The highest BCUT2D eigenvalue weighted by Gasteiger charge is 2.23. The number of hydrogen-bond acceptors (Lipinski definition) is 6. The van der Waals surface area contributed by atoms with Crippen LogP contribution in [-0.2, 0) is 0 Å². The molecule has 2 aromatic rings. The lowest BCUT2D eigenvalue weighted by Gasteiger charge is -2.13. The topological polar surface area (TPSA) is 55.7 Å². The Morgan fingerprint density at radius 1 is 1.33 bits per heavy atom. The van der Waals surface area contributed by atoms with Crippen molar-refractivity contribution in [3.05, 3.63) is 30.0 Å². The molecule has 1 aromatic carbocycles. The van der Waals surface area contributed by atoms with Gasteiger partial charge in [0.1, 0.15) is 17.5 Å². The molecular weight excluding hydrogens is 322 g/mol. The van der Waals surface area contributed by atoms with Crippen LogP contribution in [0.2, 0.25) is 0 Å². The van der Waals surface area contributed by atoms with Crippen molar-refractivity contribution in [3.63, 3.8) is 0 Å². The standard InChI is InChI=1S/C18H23N3O2S/c1-5-23-17-9-15(16-10-24-18(21-16)19-11(2)3)20-14-8-12(22-4)6-7-13(14)17/h6-9,11,16H,5,10H2,1-4H3,(H,19,21). The quantitative estimate of drug-likeness (QED) is 0.894. The van der Waals surface area contributed by atoms with E-state index in [0.717, 1.165) is 39.0 Å². The maximum atomic E-state index is 5.83. The van der Waals surface area contributed by atoms with Crippen LogP contribution in [0, 0.1) is 0 Å². The molecule has 24 heavy (non-hydrogen) atoms. The van der Waals surface area contributed by atoms with Crippen LogP contribution in [0.1, 0.15) is 32.5 Å². The number of hydrogen-bond donors (Lipinski definition) is 1. The van der Waals surface area contributed by atoms with Crippen molar-refractivity contribution in [3.8, 4) is 11.5 Å². The van der Waals surface area contributed by atoms with Crippen molar-refractivity contribution in [1.82, 2.24) is 10.3 Å². The molecule has 1 aliphatic heterocycles.